The van der Waals surface area contributed by atoms with E-state index in [1.165, 1.54) is 0 Å². The van der Waals surface area contributed by atoms with Gasteiger partial charge in [-0.1, -0.05) is 35.5 Å². The number of hydrogen-bond donors (Lipinski definition) is 1. The van der Waals surface area contributed by atoms with E-state index in [4.69, 9.17) is 4.52 Å². The Labute approximate surface area is 164 Å². The van der Waals surface area contributed by atoms with Crippen LogP contribution in [0.2, 0.25) is 0 Å². The summed E-state index contributed by atoms with van der Waals surface area (Å²) in [5.41, 5.74) is 2.33. The zero-order chi connectivity index (χ0) is 19.8. The largest absolute Gasteiger partial charge is 0.361 e. The molecule has 7 nitrogen and oxygen atoms in total. The molecule has 0 spiro atoms. The highest BCUT2D eigenvalue weighted by Gasteiger charge is 2.48. The first kappa shape index (κ1) is 18.7. The second kappa shape index (κ2) is 7.39. The topological polar surface area (TPSA) is 78.7 Å². The Morgan fingerprint density at radius 3 is 2.54 bits per heavy atom. The lowest BCUT2D eigenvalue weighted by Crippen LogP contribution is -2.53. The van der Waals surface area contributed by atoms with Crippen LogP contribution in [0.1, 0.15) is 33.3 Å². The summed E-state index contributed by atoms with van der Waals surface area (Å²) in [5, 5.41) is 6.74. The van der Waals surface area contributed by atoms with Crippen molar-refractivity contribution in [3.05, 3.63) is 52.9 Å². The van der Waals surface area contributed by atoms with Crippen LogP contribution in [0.25, 0.3) is 0 Å². The highest BCUT2D eigenvalue weighted by atomic mass is 16.5. The average molecular weight is 382 g/mol. The molecular formula is C21H26N4O3. The Bertz CT molecular complexity index is 860. The molecular weight excluding hydrogens is 356 g/mol. The van der Waals surface area contributed by atoms with Gasteiger partial charge in [0.2, 0.25) is 5.91 Å². The second-order valence-corrected chi connectivity index (χ2v) is 7.67. The number of nitrogens with one attached hydrogen (secondary N) is 1. The van der Waals surface area contributed by atoms with E-state index in [2.05, 4.69) is 27.5 Å². The van der Waals surface area contributed by atoms with Crippen LogP contribution in [-0.2, 0) is 4.79 Å². The van der Waals surface area contributed by atoms with Crippen molar-refractivity contribution in [3.63, 3.8) is 0 Å². The number of carbonyl (C=O) groups is 2. The molecule has 2 aliphatic heterocycles. The zero-order valence-corrected chi connectivity index (χ0v) is 16.5. The van der Waals surface area contributed by atoms with E-state index >= 15 is 0 Å². The minimum Gasteiger partial charge on any atom is -0.361 e. The summed E-state index contributed by atoms with van der Waals surface area (Å²) in [6.07, 6.45) is 0. The van der Waals surface area contributed by atoms with Crippen molar-refractivity contribution in [2.75, 3.05) is 33.2 Å². The van der Waals surface area contributed by atoms with Crippen LogP contribution in [-0.4, -0.2) is 66.0 Å². The van der Waals surface area contributed by atoms with Gasteiger partial charge < -0.3 is 14.7 Å². The lowest BCUT2D eigenvalue weighted by molar-refractivity contribution is -0.124. The van der Waals surface area contributed by atoms with Crippen molar-refractivity contribution in [3.8, 4) is 0 Å². The second-order valence-electron chi connectivity index (χ2n) is 7.67. The quantitative estimate of drug-likeness (QED) is 0.872. The highest BCUT2D eigenvalue weighted by molar-refractivity contribution is 5.96. The summed E-state index contributed by atoms with van der Waals surface area (Å²) in [6, 6.07) is 10.3. The first-order valence-electron chi connectivity index (χ1n) is 9.74. The first-order valence-corrected chi connectivity index (χ1v) is 9.74. The molecule has 1 aromatic carbocycles. The number of rotatable bonds is 3. The van der Waals surface area contributed by atoms with Crippen molar-refractivity contribution < 1.29 is 14.1 Å². The molecule has 7 heteroatoms. The molecule has 28 heavy (non-hydrogen) atoms. The van der Waals surface area contributed by atoms with Gasteiger partial charge >= 0.3 is 0 Å². The molecule has 2 amide bonds. The summed E-state index contributed by atoms with van der Waals surface area (Å²) >= 11 is 0. The lowest BCUT2D eigenvalue weighted by atomic mass is 9.83. The van der Waals surface area contributed by atoms with Crippen LogP contribution in [0, 0.1) is 19.8 Å². The Morgan fingerprint density at radius 1 is 1.14 bits per heavy atom. The number of carbonyl (C=O) groups excluding carboxylic acids is 2. The van der Waals surface area contributed by atoms with E-state index in [1.54, 1.807) is 20.9 Å². The maximum Gasteiger partial charge on any atom is 0.259 e. The van der Waals surface area contributed by atoms with Gasteiger partial charge in [0.25, 0.3) is 5.91 Å². The van der Waals surface area contributed by atoms with Crippen molar-refractivity contribution in [1.82, 2.24) is 20.3 Å². The van der Waals surface area contributed by atoms with Crippen molar-refractivity contribution in [2.24, 2.45) is 5.92 Å². The van der Waals surface area contributed by atoms with Gasteiger partial charge in [-0.05, 0) is 19.4 Å². The van der Waals surface area contributed by atoms with E-state index in [9.17, 15) is 9.59 Å². The zero-order valence-electron chi connectivity index (χ0n) is 16.5. The molecule has 0 aliphatic carbocycles. The van der Waals surface area contributed by atoms with Crippen LogP contribution in [0.5, 0.6) is 0 Å². The predicted molar refractivity (Wildman–Crippen MR) is 104 cm³/mol. The summed E-state index contributed by atoms with van der Waals surface area (Å²) in [6.45, 7) is 6.28. The molecule has 2 aliphatic rings. The Hall–Kier alpha value is -2.67. The lowest BCUT2D eigenvalue weighted by Gasteiger charge is -2.39. The van der Waals surface area contributed by atoms with Crippen molar-refractivity contribution >= 4 is 11.8 Å². The maximum absolute atomic E-state index is 13.1. The standard InChI is InChI=1S/C21H26N4O3/c1-13-18(14(2)28-23-13)21(27)25-10-9-24-11-16(20(26)22-3)19(17(24)12-25)15-7-5-4-6-8-15/h4-8,16-17,19H,9-12H2,1-3H3,(H,22,26)/t16-,17-,19+/m1/s1. The Balaban J connectivity index is 1.63. The van der Waals surface area contributed by atoms with Crippen LogP contribution < -0.4 is 5.32 Å². The molecule has 1 N–H and O–H groups in total. The fraction of sp³-hybridized carbons (Fsp3) is 0.476. The molecule has 0 radical (unpaired) electrons. The van der Waals surface area contributed by atoms with Crippen LogP contribution in [0.4, 0.5) is 0 Å². The van der Waals surface area contributed by atoms with Gasteiger partial charge in [-0.15, -0.1) is 0 Å². The molecule has 148 valence electrons. The molecule has 3 atom stereocenters. The highest BCUT2D eigenvalue weighted by Crippen LogP contribution is 2.40. The molecule has 1 aromatic heterocycles. The Morgan fingerprint density at radius 2 is 1.89 bits per heavy atom. The summed E-state index contributed by atoms with van der Waals surface area (Å²) in [5.74, 6) is 0.519. The van der Waals surface area contributed by atoms with Crippen LogP contribution >= 0.6 is 0 Å². The SMILES string of the molecule is CNC(=O)[C@@H]1CN2CCN(C(=O)c3c(C)noc3C)C[C@@H]2[C@H]1c1ccccc1. The summed E-state index contributed by atoms with van der Waals surface area (Å²) in [4.78, 5) is 30.0. The number of amides is 2. The molecule has 2 fully saturated rings. The average Bonchev–Trinajstić information content (AvgIpc) is 3.26. The molecule has 4 rings (SSSR count). The number of aryl methyl sites for hydroxylation is 2. The number of piperazine rings is 1. The first-order chi connectivity index (χ1) is 13.5. The predicted octanol–water partition coefficient (Wildman–Crippen LogP) is 1.58. The summed E-state index contributed by atoms with van der Waals surface area (Å²) in [7, 11) is 1.69. The normalized spacial score (nSPS) is 24.8. The Kier molecular flexibility index (Phi) is 4.93. The maximum atomic E-state index is 13.1. The van der Waals surface area contributed by atoms with Gasteiger partial charge in [-0.25, -0.2) is 0 Å². The van der Waals surface area contributed by atoms with Gasteiger partial charge in [0.1, 0.15) is 11.3 Å². The monoisotopic (exact) mass is 382 g/mol. The van der Waals surface area contributed by atoms with Gasteiger partial charge in [0.05, 0.1) is 11.6 Å². The van der Waals surface area contributed by atoms with Gasteiger partial charge in [-0.2, -0.15) is 0 Å². The third kappa shape index (κ3) is 3.09. The molecule has 2 aromatic rings. The minimum absolute atomic E-state index is 0.0360. The smallest absolute Gasteiger partial charge is 0.259 e. The van der Waals surface area contributed by atoms with E-state index in [0.29, 0.717) is 30.1 Å². The van der Waals surface area contributed by atoms with E-state index < -0.39 is 0 Å². The summed E-state index contributed by atoms with van der Waals surface area (Å²) < 4.78 is 5.19. The van der Waals surface area contributed by atoms with Crippen LogP contribution in [0.15, 0.2) is 34.9 Å². The third-order valence-corrected chi connectivity index (χ3v) is 6.11. The number of hydrogen-bond acceptors (Lipinski definition) is 5. The number of nitrogens with zero attached hydrogens (tertiary/aromatic N) is 3. The molecule has 0 unspecified atom stereocenters. The number of benzene rings is 1. The van der Waals surface area contributed by atoms with Crippen molar-refractivity contribution in [1.29, 1.82) is 0 Å². The van der Waals surface area contributed by atoms with E-state index in [1.807, 2.05) is 23.1 Å². The fourth-order valence-corrected chi connectivity index (χ4v) is 4.74. The van der Waals surface area contributed by atoms with Crippen molar-refractivity contribution in [2.45, 2.75) is 25.8 Å². The minimum atomic E-state index is -0.119. The van der Waals surface area contributed by atoms with E-state index in [0.717, 1.165) is 18.7 Å². The molecule has 0 saturated carbocycles. The van der Waals surface area contributed by atoms with Crippen LogP contribution in [0.3, 0.4) is 0 Å². The van der Waals surface area contributed by atoms with Gasteiger partial charge in [0.15, 0.2) is 0 Å². The number of aromatic nitrogens is 1. The van der Waals surface area contributed by atoms with Gasteiger partial charge in [-0.3, -0.25) is 14.5 Å². The molecule has 2 saturated heterocycles. The number of fused-ring (bicyclic) bond motifs is 1. The van der Waals surface area contributed by atoms with E-state index in [-0.39, 0.29) is 29.7 Å². The molecule has 3 heterocycles. The van der Waals surface area contributed by atoms with Gasteiger partial charge in [0, 0.05) is 45.2 Å². The fourth-order valence-electron chi connectivity index (χ4n) is 4.74. The molecule has 0 bridgehead atoms. The third-order valence-electron chi connectivity index (χ3n) is 6.11.